The Morgan fingerprint density at radius 2 is 2.00 bits per heavy atom. The molecule has 0 aliphatic carbocycles. The molecule has 0 radical (unpaired) electrons. The van der Waals surface area contributed by atoms with E-state index in [1.807, 2.05) is 19.1 Å². The topological polar surface area (TPSA) is 57.6 Å². The third-order valence-corrected chi connectivity index (χ3v) is 4.35. The number of unbranched alkanes of at least 4 members (excludes halogenated alkanes) is 1. The Morgan fingerprint density at radius 3 is 2.53 bits per heavy atom. The van der Waals surface area contributed by atoms with Crippen LogP contribution < -0.4 is 0 Å². The highest BCUT2D eigenvalue weighted by Crippen LogP contribution is 2.23. The van der Waals surface area contributed by atoms with Crippen molar-refractivity contribution in [3.05, 3.63) is 20.8 Å². The molecule has 0 aliphatic heterocycles. The summed E-state index contributed by atoms with van der Waals surface area (Å²) < 4.78 is 1.06. The average molecular weight is 348 g/mol. The SMILES string of the molecule is CCN(Cc1ccc(Br)s1)C(=O)CCCCC(=O)O. The van der Waals surface area contributed by atoms with Crippen LogP contribution in [-0.4, -0.2) is 28.4 Å². The maximum Gasteiger partial charge on any atom is 0.303 e. The summed E-state index contributed by atoms with van der Waals surface area (Å²) in [4.78, 5) is 25.3. The fourth-order valence-electron chi connectivity index (χ4n) is 1.71. The molecule has 1 aromatic heterocycles. The zero-order valence-electron chi connectivity index (χ0n) is 10.9. The van der Waals surface area contributed by atoms with Crippen molar-refractivity contribution in [3.63, 3.8) is 0 Å². The lowest BCUT2D eigenvalue weighted by Gasteiger charge is -2.20. The van der Waals surface area contributed by atoms with Crippen LogP contribution in [0.15, 0.2) is 15.9 Å². The van der Waals surface area contributed by atoms with Gasteiger partial charge in [0.2, 0.25) is 5.91 Å². The molecule has 1 rings (SSSR count). The highest BCUT2D eigenvalue weighted by Gasteiger charge is 2.13. The molecule has 0 aliphatic rings. The normalized spacial score (nSPS) is 10.4. The van der Waals surface area contributed by atoms with Crippen LogP contribution in [0.3, 0.4) is 0 Å². The number of carbonyl (C=O) groups is 2. The van der Waals surface area contributed by atoms with Crippen molar-refractivity contribution in [2.75, 3.05) is 6.54 Å². The number of carbonyl (C=O) groups excluding carboxylic acids is 1. The molecule has 1 heterocycles. The van der Waals surface area contributed by atoms with Gasteiger partial charge < -0.3 is 10.0 Å². The van der Waals surface area contributed by atoms with Gasteiger partial charge in [-0.05, 0) is 47.8 Å². The van der Waals surface area contributed by atoms with Crippen LogP contribution in [0, 0.1) is 0 Å². The third-order valence-electron chi connectivity index (χ3n) is 2.74. The Balaban J connectivity index is 2.37. The Morgan fingerprint density at radius 1 is 1.32 bits per heavy atom. The Kier molecular flexibility index (Phi) is 7.09. The molecular formula is C13H18BrNO3S. The van der Waals surface area contributed by atoms with Crippen molar-refractivity contribution in [1.82, 2.24) is 4.90 Å². The van der Waals surface area contributed by atoms with Gasteiger partial charge in [0.15, 0.2) is 0 Å². The summed E-state index contributed by atoms with van der Waals surface area (Å²) in [6, 6.07) is 3.99. The van der Waals surface area contributed by atoms with Gasteiger partial charge in [-0.3, -0.25) is 9.59 Å². The molecule has 0 aromatic carbocycles. The van der Waals surface area contributed by atoms with E-state index in [4.69, 9.17) is 5.11 Å². The second-order valence-electron chi connectivity index (χ2n) is 4.21. The lowest BCUT2D eigenvalue weighted by atomic mass is 10.2. The summed E-state index contributed by atoms with van der Waals surface area (Å²) in [5, 5.41) is 8.53. The third kappa shape index (κ3) is 6.20. The second kappa shape index (κ2) is 8.32. The number of thiophene rings is 1. The molecule has 0 saturated heterocycles. The van der Waals surface area contributed by atoms with Crippen molar-refractivity contribution < 1.29 is 14.7 Å². The zero-order chi connectivity index (χ0) is 14.3. The maximum absolute atomic E-state index is 12.0. The fraction of sp³-hybridized carbons (Fsp3) is 0.538. The van der Waals surface area contributed by atoms with Crippen molar-refractivity contribution in [1.29, 1.82) is 0 Å². The average Bonchev–Trinajstić information content (AvgIpc) is 2.76. The summed E-state index contributed by atoms with van der Waals surface area (Å²) in [6.07, 6.45) is 1.75. The first-order valence-electron chi connectivity index (χ1n) is 6.26. The van der Waals surface area contributed by atoms with Crippen LogP contribution in [0.2, 0.25) is 0 Å². The molecule has 1 N–H and O–H groups in total. The molecule has 0 atom stereocenters. The number of rotatable bonds is 8. The van der Waals surface area contributed by atoms with Crippen molar-refractivity contribution in [2.45, 2.75) is 39.2 Å². The smallest absolute Gasteiger partial charge is 0.303 e. The van der Waals surface area contributed by atoms with Gasteiger partial charge in [-0.15, -0.1) is 11.3 Å². The fourth-order valence-corrected chi connectivity index (χ4v) is 3.21. The van der Waals surface area contributed by atoms with Crippen molar-refractivity contribution in [2.24, 2.45) is 0 Å². The highest BCUT2D eigenvalue weighted by molar-refractivity contribution is 9.11. The summed E-state index contributed by atoms with van der Waals surface area (Å²) in [5.74, 6) is -0.708. The minimum Gasteiger partial charge on any atom is -0.481 e. The summed E-state index contributed by atoms with van der Waals surface area (Å²) in [6.45, 7) is 3.26. The van der Waals surface area contributed by atoms with E-state index in [0.717, 1.165) is 8.66 Å². The first kappa shape index (κ1) is 16.2. The molecule has 0 saturated carbocycles. The summed E-state index contributed by atoms with van der Waals surface area (Å²) in [5.41, 5.74) is 0. The van der Waals surface area contributed by atoms with E-state index in [1.165, 1.54) is 0 Å². The molecule has 106 valence electrons. The van der Waals surface area contributed by atoms with Gasteiger partial charge >= 0.3 is 5.97 Å². The number of carboxylic acid groups (broad SMARTS) is 1. The van der Waals surface area contributed by atoms with Crippen LogP contribution in [0.1, 0.15) is 37.5 Å². The number of amides is 1. The lowest BCUT2D eigenvalue weighted by molar-refractivity contribution is -0.137. The van der Waals surface area contributed by atoms with Crippen LogP contribution in [0.4, 0.5) is 0 Å². The van der Waals surface area contributed by atoms with Gasteiger partial charge in [0.25, 0.3) is 0 Å². The molecule has 6 heteroatoms. The molecule has 4 nitrogen and oxygen atoms in total. The molecule has 1 aromatic rings. The van der Waals surface area contributed by atoms with Crippen LogP contribution >= 0.6 is 27.3 Å². The molecule has 0 bridgehead atoms. The van der Waals surface area contributed by atoms with Gasteiger partial charge in [0.1, 0.15) is 0 Å². The second-order valence-corrected chi connectivity index (χ2v) is 6.76. The van der Waals surface area contributed by atoms with E-state index in [2.05, 4.69) is 15.9 Å². The van der Waals surface area contributed by atoms with Gasteiger partial charge in [0.05, 0.1) is 10.3 Å². The van der Waals surface area contributed by atoms with E-state index < -0.39 is 5.97 Å². The predicted octanol–water partition coefficient (Wildman–Crippen LogP) is 3.50. The largest absolute Gasteiger partial charge is 0.481 e. The Labute approximate surface area is 125 Å². The van der Waals surface area contributed by atoms with E-state index in [-0.39, 0.29) is 12.3 Å². The first-order valence-corrected chi connectivity index (χ1v) is 7.87. The van der Waals surface area contributed by atoms with Gasteiger partial charge in [-0.25, -0.2) is 0 Å². The Bertz CT molecular complexity index is 433. The van der Waals surface area contributed by atoms with E-state index in [0.29, 0.717) is 32.4 Å². The monoisotopic (exact) mass is 347 g/mol. The van der Waals surface area contributed by atoms with E-state index >= 15 is 0 Å². The van der Waals surface area contributed by atoms with Crippen molar-refractivity contribution in [3.8, 4) is 0 Å². The quantitative estimate of drug-likeness (QED) is 0.732. The van der Waals surface area contributed by atoms with E-state index in [1.54, 1.807) is 16.2 Å². The van der Waals surface area contributed by atoms with E-state index in [9.17, 15) is 9.59 Å². The van der Waals surface area contributed by atoms with Crippen LogP contribution in [0.5, 0.6) is 0 Å². The van der Waals surface area contributed by atoms with Crippen LogP contribution in [-0.2, 0) is 16.1 Å². The number of aliphatic carboxylic acids is 1. The molecule has 0 fully saturated rings. The molecule has 1 amide bonds. The minimum absolute atomic E-state index is 0.0948. The molecule has 0 spiro atoms. The van der Waals surface area contributed by atoms with Crippen molar-refractivity contribution >= 4 is 39.1 Å². The minimum atomic E-state index is -0.803. The van der Waals surface area contributed by atoms with Gasteiger partial charge in [0, 0.05) is 24.3 Å². The standard InChI is InChI=1S/C13H18BrNO3S/c1-2-15(9-10-7-8-11(14)19-10)12(16)5-3-4-6-13(17)18/h7-8H,2-6,9H2,1H3,(H,17,18). The number of hydrogen-bond donors (Lipinski definition) is 1. The zero-order valence-corrected chi connectivity index (χ0v) is 13.3. The molecular weight excluding hydrogens is 330 g/mol. The summed E-state index contributed by atoms with van der Waals surface area (Å²) in [7, 11) is 0. The predicted molar refractivity (Wildman–Crippen MR) is 79.2 cm³/mol. The maximum atomic E-state index is 12.0. The summed E-state index contributed by atoms with van der Waals surface area (Å²) >= 11 is 5.03. The number of hydrogen-bond acceptors (Lipinski definition) is 3. The highest BCUT2D eigenvalue weighted by atomic mass is 79.9. The Hall–Kier alpha value is -0.880. The van der Waals surface area contributed by atoms with Gasteiger partial charge in [-0.2, -0.15) is 0 Å². The number of halogens is 1. The first-order chi connectivity index (χ1) is 9.02. The number of carboxylic acids is 1. The van der Waals surface area contributed by atoms with Crippen LogP contribution in [0.25, 0.3) is 0 Å². The molecule has 19 heavy (non-hydrogen) atoms. The lowest BCUT2D eigenvalue weighted by Crippen LogP contribution is -2.29. The van der Waals surface area contributed by atoms with Gasteiger partial charge in [-0.1, -0.05) is 0 Å². The number of nitrogens with zero attached hydrogens (tertiary/aromatic N) is 1. The molecule has 0 unspecified atom stereocenters.